The molecule has 0 bridgehead atoms. The van der Waals surface area contributed by atoms with E-state index in [-0.39, 0.29) is 0 Å². The quantitative estimate of drug-likeness (QED) is 0.403. The summed E-state index contributed by atoms with van der Waals surface area (Å²) in [5, 5.41) is 4.37. The summed E-state index contributed by atoms with van der Waals surface area (Å²) in [6, 6.07) is 2.50. The Kier molecular flexibility index (Phi) is 6.98. The van der Waals surface area contributed by atoms with Crippen molar-refractivity contribution < 1.29 is 0 Å². The molecule has 0 aliphatic rings. The molecule has 1 heterocycles. The molecule has 0 saturated heterocycles. The Bertz CT molecular complexity index is 333. The van der Waals surface area contributed by atoms with Gasteiger partial charge >= 0.3 is 0 Å². The maximum Gasteiger partial charge on any atom is 0.0596 e. The van der Waals surface area contributed by atoms with Crippen molar-refractivity contribution in [3.05, 3.63) is 17.5 Å². The van der Waals surface area contributed by atoms with Crippen molar-refractivity contribution >= 4 is 0 Å². The molecule has 0 spiro atoms. The van der Waals surface area contributed by atoms with Crippen molar-refractivity contribution in [3.8, 4) is 0 Å². The second-order valence-electron chi connectivity index (χ2n) is 5.17. The molecule has 1 atom stereocenters. The number of hydrogen-bond donors (Lipinski definition) is 2. The third-order valence-electron chi connectivity index (χ3n) is 3.45. The second kappa shape index (κ2) is 8.27. The summed E-state index contributed by atoms with van der Waals surface area (Å²) in [4.78, 5) is 0. The predicted molar refractivity (Wildman–Crippen MR) is 76.1 cm³/mol. The molecule has 4 nitrogen and oxygen atoms in total. The fourth-order valence-electron chi connectivity index (χ4n) is 2.35. The molecule has 4 heteroatoms. The summed E-state index contributed by atoms with van der Waals surface area (Å²) in [6.07, 6.45) is 8.67. The number of nitrogens with two attached hydrogens (primary N) is 1. The lowest BCUT2D eigenvalue weighted by Gasteiger charge is -2.15. The standard InChI is InChI=1S/C14H28N4/c1-4-5-6-7-8-9-13(16-15)11-14-10-12(2)17-18(14)3/h10,13,16H,4-9,11,15H2,1-3H3. The van der Waals surface area contributed by atoms with Gasteiger partial charge in [-0.15, -0.1) is 0 Å². The number of hydrazine groups is 1. The maximum absolute atomic E-state index is 5.64. The van der Waals surface area contributed by atoms with Crippen molar-refractivity contribution in [2.75, 3.05) is 0 Å². The Morgan fingerprint density at radius 2 is 2.06 bits per heavy atom. The van der Waals surface area contributed by atoms with Crippen molar-refractivity contribution in [2.24, 2.45) is 12.9 Å². The molecule has 0 amide bonds. The van der Waals surface area contributed by atoms with Gasteiger partial charge in [0.2, 0.25) is 0 Å². The van der Waals surface area contributed by atoms with Crippen LogP contribution >= 0.6 is 0 Å². The SMILES string of the molecule is CCCCCCCC(Cc1cc(C)nn1C)NN. The smallest absolute Gasteiger partial charge is 0.0596 e. The third-order valence-corrected chi connectivity index (χ3v) is 3.45. The van der Waals surface area contributed by atoms with Crippen LogP contribution in [0.5, 0.6) is 0 Å². The van der Waals surface area contributed by atoms with Crippen LogP contribution in [-0.4, -0.2) is 15.8 Å². The Morgan fingerprint density at radius 1 is 1.33 bits per heavy atom. The summed E-state index contributed by atoms with van der Waals surface area (Å²) < 4.78 is 1.96. The van der Waals surface area contributed by atoms with Crippen molar-refractivity contribution in [3.63, 3.8) is 0 Å². The van der Waals surface area contributed by atoms with E-state index >= 15 is 0 Å². The lowest BCUT2D eigenvalue weighted by molar-refractivity contribution is 0.451. The highest BCUT2D eigenvalue weighted by Gasteiger charge is 2.10. The molecule has 0 radical (unpaired) electrons. The zero-order valence-corrected chi connectivity index (χ0v) is 12.1. The summed E-state index contributed by atoms with van der Waals surface area (Å²) in [5.41, 5.74) is 5.27. The van der Waals surface area contributed by atoms with Crippen LogP contribution in [0, 0.1) is 6.92 Å². The van der Waals surface area contributed by atoms with Crippen molar-refractivity contribution in [1.29, 1.82) is 0 Å². The van der Waals surface area contributed by atoms with E-state index in [0.29, 0.717) is 6.04 Å². The highest BCUT2D eigenvalue weighted by molar-refractivity contribution is 5.09. The summed E-state index contributed by atoms with van der Waals surface area (Å²) >= 11 is 0. The van der Waals surface area contributed by atoms with Crippen LogP contribution in [0.15, 0.2) is 6.07 Å². The van der Waals surface area contributed by atoms with Gasteiger partial charge in [0, 0.05) is 25.2 Å². The number of aromatic nitrogens is 2. The fourth-order valence-corrected chi connectivity index (χ4v) is 2.35. The first-order valence-electron chi connectivity index (χ1n) is 7.13. The highest BCUT2D eigenvalue weighted by atomic mass is 15.3. The molecule has 0 fully saturated rings. The number of unbranched alkanes of at least 4 members (excludes halogenated alkanes) is 4. The Balaban J connectivity index is 2.31. The van der Waals surface area contributed by atoms with Crippen LogP contribution in [0.3, 0.4) is 0 Å². The minimum absolute atomic E-state index is 0.362. The van der Waals surface area contributed by atoms with Gasteiger partial charge in [-0.3, -0.25) is 16.0 Å². The molecule has 1 aromatic heterocycles. The van der Waals surface area contributed by atoms with E-state index in [9.17, 15) is 0 Å². The minimum Gasteiger partial charge on any atom is -0.272 e. The van der Waals surface area contributed by atoms with Crippen LogP contribution in [0.4, 0.5) is 0 Å². The summed E-state index contributed by atoms with van der Waals surface area (Å²) in [5.74, 6) is 5.64. The lowest BCUT2D eigenvalue weighted by Crippen LogP contribution is -2.37. The van der Waals surface area contributed by atoms with Gasteiger partial charge in [0.15, 0.2) is 0 Å². The van der Waals surface area contributed by atoms with E-state index in [4.69, 9.17) is 5.84 Å². The normalized spacial score (nSPS) is 12.9. The van der Waals surface area contributed by atoms with Crippen LogP contribution in [-0.2, 0) is 13.5 Å². The van der Waals surface area contributed by atoms with E-state index in [1.807, 2.05) is 18.7 Å². The first-order valence-corrected chi connectivity index (χ1v) is 7.13. The van der Waals surface area contributed by atoms with Gasteiger partial charge < -0.3 is 0 Å². The van der Waals surface area contributed by atoms with Gasteiger partial charge in [0.1, 0.15) is 0 Å². The summed E-state index contributed by atoms with van der Waals surface area (Å²) in [7, 11) is 2.00. The lowest BCUT2D eigenvalue weighted by atomic mass is 10.0. The predicted octanol–water partition coefficient (Wildman–Crippen LogP) is 2.46. The molecular weight excluding hydrogens is 224 g/mol. The topological polar surface area (TPSA) is 55.9 Å². The molecule has 18 heavy (non-hydrogen) atoms. The van der Waals surface area contributed by atoms with E-state index in [1.165, 1.54) is 37.8 Å². The molecule has 3 N–H and O–H groups in total. The average Bonchev–Trinajstić information content (AvgIpc) is 2.66. The van der Waals surface area contributed by atoms with Crippen LogP contribution in [0.1, 0.15) is 56.8 Å². The Hall–Kier alpha value is -0.870. The molecule has 1 unspecified atom stereocenters. The van der Waals surface area contributed by atoms with Gasteiger partial charge in [-0.2, -0.15) is 5.10 Å². The van der Waals surface area contributed by atoms with Gasteiger partial charge in [-0.05, 0) is 19.4 Å². The average molecular weight is 252 g/mol. The number of rotatable bonds is 9. The Labute approximate surface area is 111 Å². The van der Waals surface area contributed by atoms with E-state index in [0.717, 1.165) is 18.5 Å². The van der Waals surface area contributed by atoms with Crippen LogP contribution in [0.25, 0.3) is 0 Å². The van der Waals surface area contributed by atoms with E-state index < -0.39 is 0 Å². The van der Waals surface area contributed by atoms with Gasteiger partial charge in [0.25, 0.3) is 0 Å². The van der Waals surface area contributed by atoms with E-state index in [1.54, 1.807) is 0 Å². The zero-order valence-electron chi connectivity index (χ0n) is 12.1. The van der Waals surface area contributed by atoms with Crippen LogP contribution in [0.2, 0.25) is 0 Å². The van der Waals surface area contributed by atoms with Crippen molar-refractivity contribution in [1.82, 2.24) is 15.2 Å². The first kappa shape index (κ1) is 15.2. The molecule has 0 aromatic carbocycles. The molecule has 104 valence electrons. The molecule has 0 aliphatic heterocycles. The monoisotopic (exact) mass is 252 g/mol. The van der Waals surface area contributed by atoms with Crippen LogP contribution < -0.4 is 11.3 Å². The zero-order chi connectivity index (χ0) is 13.4. The van der Waals surface area contributed by atoms with Gasteiger partial charge in [-0.25, -0.2) is 0 Å². The fraction of sp³-hybridized carbons (Fsp3) is 0.786. The maximum atomic E-state index is 5.64. The summed E-state index contributed by atoms with van der Waals surface area (Å²) in [6.45, 7) is 4.27. The molecule has 0 saturated carbocycles. The van der Waals surface area contributed by atoms with Gasteiger partial charge in [-0.1, -0.05) is 39.0 Å². The third kappa shape index (κ3) is 5.19. The first-order chi connectivity index (χ1) is 8.67. The number of nitrogens with one attached hydrogen (secondary N) is 1. The minimum atomic E-state index is 0.362. The second-order valence-corrected chi connectivity index (χ2v) is 5.17. The molecule has 1 aromatic rings. The van der Waals surface area contributed by atoms with Gasteiger partial charge in [0.05, 0.1) is 5.69 Å². The molecular formula is C14H28N4. The molecule has 1 rings (SSSR count). The van der Waals surface area contributed by atoms with Crippen molar-refractivity contribution in [2.45, 2.75) is 64.8 Å². The number of hydrogen-bond acceptors (Lipinski definition) is 3. The molecule has 0 aliphatic carbocycles. The number of aryl methyl sites for hydroxylation is 2. The number of nitrogens with zero attached hydrogens (tertiary/aromatic N) is 2. The Morgan fingerprint density at radius 3 is 2.61 bits per heavy atom. The van der Waals surface area contributed by atoms with E-state index in [2.05, 4.69) is 23.5 Å². The largest absolute Gasteiger partial charge is 0.272 e. The highest BCUT2D eigenvalue weighted by Crippen LogP contribution is 2.11.